The molecular formula is C15H15NO3. The minimum atomic E-state index is -0.0813. The second kappa shape index (κ2) is 5.28. The molecule has 1 saturated heterocycles. The fourth-order valence-electron chi connectivity index (χ4n) is 2.34. The van der Waals surface area contributed by atoms with Gasteiger partial charge in [0.25, 0.3) is 5.91 Å². The molecule has 19 heavy (non-hydrogen) atoms. The van der Waals surface area contributed by atoms with Crippen LogP contribution in [0.5, 0.6) is 0 Å². The summed E-state index contributed by atoms with van der Waals surface area (Å²) in [4.78, 5) is 14.2. The predicted molar refractivity (Wildman–Crippen MR) is 69.7 cm³/mol. The third kappa shape index (κ3) is 2.39. The van der Waals surface area contributed by atoms with Crippen LogP contribution < -0.4 is 0 Å². The van der Waals surface area contributed by atoms with Crippen LogP contribution in [0, 0.1) is 0 Å². The van der Waals surface area contributed by atoms with Crippen molar-refractivity contribution in [2.45, 2.75) is 6.04 Å². The summed E-state index contributed by atoms with van der Waals surface area (Å²) >= 11 is 0. The average molecular weight is 257 g/mol. The lowest BCUT2D eigenvalue weighted by Gasteiger charge is -2.35. The topological polar surface area (TPSA) is 42.7 Å². The molecule has 1 aliphatic heterocycles. The van der Waals surface area contributed by atoms with Crippen molar-refractivity contribution in [2.24, 2.45) is 0 Å². The van der Waals surface area contributed by atoms with E-state index in [1.54, 1.807) is 12.1 Å². The van der Waals surface area contributed by atoms with Crippen molar-refractivity contribution in [3.63, 3.8) is 0 Å². The Kier molecular flexibility index (Phi) is 3.33. The van der Waals surface area contributed by atoms with E-state index in [9.17, 15) is 4.79 Å². The highest BCUT2D eigenvalue weighted by Crippen LogP contribution is 2.25. The third-order valence-electron chi connectivity index (χ3n) is 3.31. The Morgan fingerprint density at radius 3 is 2.74 bits per heavy atom. The average Bonchev–Trinajstić information content (AvgIpc) is 3.02. The Hall–Kier alpha value is -2.07. The van der Waals surface area contributed by atoms with Gasteiger partial charge in [0.1, 0.15) is 0 Å². The fraction of sp³-hybridized carbons (Fsp3) is 0.267. The van der Waals surface area contributed by atoms with Crippen molar-refractivity contribution in [3.05, 3.63) is 60.1 Å². The van der Waals surface area contributed by atoms with E-state index in [0.29, 0.717) is 25.5 Å². The first-order valence-corrected chi connectivity index (χ1v) is 6.33. The number of carbonyl (C=O) groups is 1. The SMILES string of the molecule is O=C(c1ccco1)N1CCOCC1c1ccccc1. The number of carbonyl (C=O) groups excluding carboxylic acids is 1. The molecule has 0 spiro atoms. The van der Waals surface area contributed by atoms with Gasteiger partial charge in [0, 0.05) is 6.54 Å². The molecule has 3 rings (SSSR count). The summed E-state index contributed by atoms with van der Waals surface area (Å²) in [6.45, 7) is 1.67. The minimum Gasteiger partial charge on any atom is -0.459 e. The van der Waals surface area contributed by atoms with Gasteiger partial charge in [0.2, 0.25) is 0 Å². The summed E-state index contributed by atoms with van der Waals surface area (Å²) in [5.74, 6) is 0.296. The number of hydrogen-bond acceptors (Lipinski definition) is 3. The van der Waals surface area contributed by atoms with Crippen molar-refractivity contribution in [3.8, 4) is 0 Å². The molecular weight excluding hydrogens is 242 g/mol. The summed E-state index contributed by atoms with van der Waals surface area (Å²) in [5, 5.41) is 0. The summed E-state index contributed by atoms with van der Waals surface area (Å²) in [6.07, 6.45) is 1.52. The lowest BCUT2D eigenvalue weighted by Crippen LogP contribution is -2.43. The first-order valence-electron chi connectivity index (χ1n) is 6.33. The van der Waals surface area contributed by atoms with Crippen molar-refractivity contribution in [1.82, 2.24) is 4.90 Å². The van der Waals surface area contributed by atoms with Crippen LogP contribution in [-0.4, -0.2) is 30.6 Å². The summed E-state index contributed by atoms with van der Waals surface area (Å²) in [5.41, 5.74) is 1.09. The van der Waals surface area contributed by atoms with Gasteiger partial charge in [-0.3, -0.25) is 4.79 Å². The van der Waals surface area contributed by atoms with Crippen LogP contribution in [0.25, 0.3) is 0 Å². The lowest BCUT2D eigenvalue weighted by atomic mass is 10.0. The molecule has 2 heterocycles. The van der Waals surface area contributed by atoms with E-state index in [2.05, 4.69) is 0 Å². The van der Waals surface area contributed by atoms with Gasteiger partial charge in [0.05, 0.1) is 25.5 Å². The molecule has 0 saturated carbocycles. The van der Waals surface area contributed by atoms with Crippen LogP contribution >= 0.6 is 0 Å². The number of benzene rings is 1. The zero-order valence-electron chi connectivity index (χ0n) is 10.5. The standard InChI is InChI=1S/C15H15NO3/c17-15(14-7-4-9-19-14)16-8-10-18-11-13(16)12-5-2-1-3-6-12/h1-7,9,13H,8,10-11H2. The number of furan rings is 1. The molecule has 0 radical (unpaired) electrons. The number of hydrogen-bond donors (Lipinski definition) is 0. The molecule has 1 aromatic carbocycles. The van der Waals surface area contributed by atoms with Gasteiger partial charge in [-0.1, -0.05) is 30.3 Å². The molecule has 1 atom stereocenters. The van der Waals surface area contributed by atoms with Crippen LogP contribution in [0.2, 0.25) is 0 Å². The van der Waals surface area contributed by atoms with E-state index < -0.39 is 0 Å². The number of amides is 1. The van der Waals surface area contributed by atoms with Crippen molar-refractivity contribution >= 4 is 5.91 Å². The Morgan fingerprint density at radius 1 is 1.16 bits per heavy atom. The Balaban J connectivity index is 1.87. The molecule has 1 aromatic heterocycles. The van der Waals surface area contributed by atoms with Gasteiger partial charge in [-0.25, -0.2) is 0 Å². The molecule has 98 valence electrons. The van der Waals surface area contributed by atoms with E-state index in [0.717, 1.165) is 5.56 Å². The van der Waals surface area contributed by atoms with Crippen LogP contribution in [-0.2, 0) is 4.74 Å². The Bertz CT molecular complexity index is 536. The van der Waals surface area contributed by atoms with Gasteiger partial charge in [-0.15, -0.1) is 0 Å². The summed E-state index contributed by atoms with van der Waals surface area (Å²) < 4.78 is 10.7. The third-order valence-corrected chi connectivity index (χ3v) is 3.31. The quantitative estimate of drug-likeness (QED) is 0.830. The fourth-order valence-corrected chi connectivity index (χ4v) is 2.34. The maximum Gasteiger partial charge on any atom is 0.290 e. The van der Waals surface area contributed by atoms with Gasteiger partial charge < -0.3 is 14.1 Å². The normalized spacial score (nSPS) is 19.4. The van der Waals surface area contributed by atoms with Crippen LogP contribution in [0.1, 0.15) is 22.2 Å². The lowest BCUT2D eigenvalue weighted by molar-refractivity contribution is -0.00425. The Morgan fingerprint density at radius 2 is 2.00 bits per heavy atom. The summed E-state index contributed by atoms with van der Waals surface area (Å²) in [6, 6.07) is 13.3. The van der Waals surface area contributed by atoms with Crippen LogP contribution in [0.3, 0.4) is 0 Å². The van der Waals surface area contributed by atoms with Gasteiger partial charge in [0.15, 0.2) is 5.76 Å². The first-order chi connectivity index (χ1) is 9.36. The second-order valence-corrected chi connectivity index (χ2v) is 4.48. The number of rotatable bonds is 2. The van der Waals surface area contributed by atoms with E-state index in [-0.39, 0.29) is 11.9 Å². The van der Waals surface area contributed by atoms with Crippen molar-refractivity contribution in [2.75, 3.05) is 19.8 Å². The highest BCUT2D eigenvalue weighted by Gasteiger charge is 2.30. The molecule has 0 bridgehead atoms. The Labute approximate surface area is 111 Å². The molecule has 4 nitrogen and oxygen atoms in total. The van der Waals surface area contributed by atoms with E-state index in [4.69, 9.17) is 9.15 Å². The van der Waals surface area contributed by atoms with Crippen molar-refractivity contribution in [1.29, 1.82) is 0 Å². The minimum absolute atomic E-state index is 0.0486. The maximum absolute atomic E-state index is 12.4. The molecule has 1 fully saturated rings. The molecule has 0 aliphatic carbocycles. The number of ether oxygens (including phenoxy) is 1. The van der Waals surface area contributed by atoms with Crippen LogP contribution in [0.4, 0.5) is 0 Å². The van der Waals surface area contributed by atoms with Gasteiger partial charge >= 0.3 is 0 Å². The monoisotopic (exact) mass is 257 g/mol. The van der Waals surface area contributed by atoms with E-state index in [1.165, 1.54) is 6.26 Å². The van der Waals surface area contributed by atoms with Gasteiger partial charge in [-0.2, -0.15) is 0 Å². The number of nitrogens with zero attached hydrogens (tertiary/aromatic N) is 1. The molecule has 2 aromatic rings. The largest absolute Gasteiger partial charge is 0.459 e. The molecule has 0 N–H and O–H groups in total. The highest BCUT2D eigenvalue weighted by atomic mass is 16.5. The molecule has 1 aliphatic rings. The van der Waals surface area contributed by atoms with Gasteiger partial charge in [-0.05, 0) is 17.7 Å². The molecule has 1 amide bonds. The zero-order chi connectivity index (χ0) is 13.1. The predicted octanol–water partition coefficient (Wildman–Crippen LogP) is 2.49. The zero-order valence-corrected chi connectivity index (χ0v) is 10.5. The van der Waals surface area contributed by atoms with E-state index >= 15 is 0 Å². The summed E-state index contributed by atoms with van der Waals surface area (Å²) in [7, 11) is 0. The second-order valence-electron chi connectivity index (χ2n) is 4.48. The van der Waals surface area contributed by atoms with Crippen LogP contribution in [0.15, 0.2) is 53.1 Å². The molecule has 4 heteroatoms. The van der Waals surface area contributed by atoms with E-state index in [1.807, 2.05) is 35.2 Å². The van der Waals surface area contributed by atoms with Crippen molar-refractivity contribution < 1.29 is 13.9 Å². The highest BCUT2D eigenvalue weighted by molar-refractivity contribution is 5.91. The molecule has 1 unspecified atom stereocenters. The maximum atomic E-state index is 12.4. The first kappa shape index (κ1) is 12.0. The smallest absolute Gasteiger partial charge is 0.290 e. The number of morpholine rings is 1.